The van der Waals surface area contributed by atoms with Gasteiger partial charge >= 0.3 is 5.97 Å². The lowest BCUT2D eigenvalue weighted by Crippen LogP contribution is -2.31. The van der Waals surface area contributed by atoms with Gasteiger partial charge in [-0.15, -0.1) is 0 Å². The first-order chi connectivity index (χ1) is 7.62. The lowest BCUT2D eigenvalue weighted by Gasteiger charge is -2.37. The summed E-state index contributed by atoms with van der Waals surface area (Å²) < 4.78 is 9.81. The lowest BCUT2D eigenvalue weighted by atomic mass is 9.82. The Hall–Kier alpha value is -0.683. The Labute approximate surface area is 106 Å². The smallest absolute Gasteiger partial charge is 0.374 e. The van der Waals surface area contributed by atoms with E-state index in [1.54, 1.807) is 0 Å². The molecular weight excluding hydrogens is 236 g/mol. The van der Waals surface area contributed by atoms with Gasteiger partial charge in [-0.25, -0.2) is 4.79 Å². The first kappa shape index (κ1) is 16.3. The molecule has 2 radical (unpaired) electrons. The quantitative estimate of drug-likeness (QED) is 0.316. The summed E-state index contributed by atoms with van der Waals surface area (Å²) in [6.45, 7) is 11.0. The maximum absolute atomic E-state index is 11.1. The average Bonchev–Trinajstić information content (AvgIpc) is 2.21. The fraction of sp³-hybridized carbons (Fsp3) is 0.833. The summed E-state index contributed by atoms with van der Waals surface area (Å²) >= 11 is 0. The van der Waals surface area contributed by atoms with Gasteiger partial charge in [-0.3, -0.25) is 4.79 Å². The van der Waals surface area contributed by atoms with E-state index in [1.807, 2.05) is 0 Å². The molecule has 0 bridgehead atoms. The predicted molar refractivity (Wildman–Crippen MR) is 66.8 cm³/mol. The van der Waals surface area contributed by atoms with Crippen molar-refractivity contribution >= 4 is 21.5 Å². The Bertz CT molecular complexity index is 279. The zero-order valence-electron chi connectivity index (χ0n) is 11.5. The molecule has 5 heteroatoms. The molecule has 0 aromatic rings. The van der Waals surface area contributed by atoms with Crippen LogP contribution in [0.1, 0.15) is 41.0 Å². The number of carbonyl (C=O) groups excluding carboxylic acids is 2. The van der Waals surface area contributed by atoms with Crippen molar-refractivity contribution in [1.29, 1.82) is 0 Å². The second-order valence-corrected chi connectivity index (χ2v) is 7.23. The number of hydrogen-bond acceptors (Lipinski definition) is 4. The highest BCUT2D eigenvalue weighted by atomic mass is 28.2. The van der Waals surface area contributed by atoms with Crippen LogP contribution in [0.25, 0.3) is 0 Å². The van der Waals surface area contributed by atoms with Crippen LogP contribution < -0.4 is 0 Å². The average molecular weight is 258 g/mol. The molecule has 0 heterocycles. The van der Waals surface area contributed by atoms with Crippen LogP contribution in [0.5, 0.6) is 0 Å². The van der Waals surface area contributed by atoms with Gasteiger partial charge in [-0.1, -0.05) is 34.6 Å². The number of ketones is 1. The fourth-order valence-electron chi connectivity index (χ4n) is 0.744. The summed E-state index contributed by atoms with van der Waals surface area (Å²) in [5.41, 5.74) is 0.137. The summed E-state index contributed by atoms with van der Waals surface area (Å²) in [5, 5.41) is 0.0430. The van der Waals surface area contributed by atoms with Crippen LogP contribution in [0.4, 0.5) is 0 Å². The normalized spacial score (nSPS) is 12.4. The highest BCUT2D eigenvalue weighted by molar-refractivity contribution is 6.34. The van der Waals surface area contributed by atoms with Crippen LogP contribution in [0, 0.1) is 5.41 Å². The second kappa shape index (κ2) is 6.30. The molecule has 0 saturated heterocycles. The van der Waals surface area contributed by atoms with Gasteiger partial charge in [0.25, 0.3) is 0 Å². The van der Waals surface area contributed by atoms with E-state index in [0.717, 1.165) is 0 Å². The molecule has 0 unspecified atom stereocenters. The van der Waals surface area contributed by atoms with E-state index in [0.29, 0.717) is 9.76 Å². The van der Waals surface area contributed by atoms with Crippen LogP contribution in [0.3, 0.4) is 0 Å². The Morgan fingerprint density at radius 2 is 1.65 bits per heavy atom. The van der Waals surface area contributed by atoms with Crippen molar-refractivity contribution in [2.45, 2.75) is 46.1 Å². The van der Waals surface area contributed by atoms with E-state index in [1.165, 1.54) is 7.11 Å². The largest absolute Gasteiger partial charge is 0.463 e. The minimum atomic E-state index is -0.799. The molecule has 0 rings (SSSR count). The summed E-state index contributed by atoms with van der Waals surface area (Å²) in [4.78, 5) is 22.0. The van der Waals surface area contributed by atoms with Crippen molar-refractivity contribution in [3.63, 3.8) is 0 Å². The third-order valence-corrected chi connectivity index (χ3v) is 4.66. The van der Waals surface area contributed by atoms with Crippen LogP contribution in [-0.2, 0) is 18.8 Å². The molecule has 0 saturated carbocycles. The zero-order chi connectivity index (χ0) is 13.7. The Kier molecular flexibility index (Phi) is 6.05. The highest BCUT2D eigenvalue weighted by Gasteiger charge is 2.34. The molecule has 0 amide bonds. The maximum Gasteiger partial charge on any atom is 0.374 e. The van der Waals surface area contributed by atoms with Crippen LogP contribution in [0.2, 0.25) is 5.04 Å². The van der Waals surface area contributed by atoms with Gasteiger partial charge in [0.05, 0.1) is 7.11 Å². The number of hydrogen-bond donors (Lipinski definition) is 0. The van der Waals surface area contributed by atoms with Crippen LogP contribution >= 0.6 is 0 Å². The van der Waals surface area contributed by atoms with E-state index < -0.39 is 11.8 Å². The maximum atomic E-state index is 11.1. The summed E-state index contributed by atoms with van der Waals surface area (Å²) in [6.07, 6.45) is 0.0832. The number of carbonyl (C=O) groups is 2. The SMILES string of the molecule is COC(=O)C(=O)CCO[Si]C(C)(C)C(C)(C)C. The van der Waals surface area contributed by atoms with Crippen LogP contribution in [-0.4, -0.2) is 35.2 Å². The van der Waals surface area contributed by atoms with Crippen molar-refractivity contribution < 1.29 is 18.8 Å². The van der Waals surface area contributed by atoms with Crippen molar-refractivity contribution in [3.05, 3.63) is 0 Å². The van der Waals surface area contributed by atoms with Gasteiger partial charge in [-0.2, -0.15) is 0 Å². The molecule has 98 valence electrons. The minimum absolute atomic E-state index is 0.0430. The number of methoxy groups -OCH3 is 1. The molecule has 0 aromatic heterocycles. The van der Waals surface area contributed by atoms with Gasteiger partial charge < -0.3 is 9.16 Å². The van der Waals surface area contributed by atoms with E-state index in [-0.39, 0.29) is 23.5 Å². The number of ether oxygens (including phenoxy) is 1. The predicted octanol–water partition coefficient (Wildman–Crippen LogP) is 2.00. The standard InChI is InChI=1S/C12H22O4Si/c1-11(2,3)12(4,5)17-16-8-7-9(13)10(14)15-6/h7-8H2,1-6H3. The summed E-state index contributed by atoms with van der Waals surface area (Å²) in [5.74, 6) is -1.34. The zero-order valence-corrected chi connectivity index (χ0v) is 12.5. The van der Waals surface area contributed by atoms with Crippen molar-refractivity contribution in [2.24, 2.45) is 5.41 Å². The molecule has 0 fully saturated rings. The van der Waals surface area contributed by atoms with Crippen LogP contribution in [0.15, 0.2) is 0 Å². The van der Waals surface area contributed by atoms with Crippen molar-refractivity contribution in [3.8, 4) is 0 Å². The summed E-state index contributed by atoms with van der Waals surface area (Å²) in [7, 11) is 1.50. The van der Waals surface area contributed by atoms with E-state index >= 15 is 0 Å². The molecule has 0 aromatic carbocycles. The monoisotopic (exact) mass is 258 g/mol. The Morgan fingerprint density at radius 3 is 2.06 bits per heavy atom. The van der Waals surface area contributed by atoms with Gasteiger partial charge in [-0.05, 0) is 10.5 Å². The number of rotatable bonds is 6. The highest BCUT2D eigenvalue weighted by Crippen LogP contribution is 2.43. The fourth-order valence-corrected chi connectivity index (χ4v) is 1.62. The van der Waals surface area contributed by atoms with Gasteiger partial charge in [0.15, 0.2) is 0 Å². The second-order valence-electron chi connectivity index (χ2n) is 5.49. The van der Waals surface area contributed by atoms with Gasteiger partial charge in [0, 0.05) is 13.0 Å². The molecule has 0 aliphatic rings. The minimum Gasteiger partial charge on any atom is -0.463 e. The first-order valence-electron chi connectivity index (χ1n) is 5.62. The first-order valence-corrected chi connectivity index (χ1v) is 6.53. The van der Waals surface area contributed by atoms with Gasteiger partial charge in [0.1, 0.15) is 0 Å². The molecular formula is C12H22O4Si. The number of esters is 1. The molecule has 0 aliphatic heterocycles. The topological polar surface area (TPSA) is 52.6 Å². The Morgan fingerprint density at radius 1 is 1.12 bits per heavy atom. The number of Topliss-reactive ketones (excluding diaryl/α,β-unsaturated/α-hetero) is 1. The molecule has 0 atom stereocenters. The molecule has 4 nitrogen and oxygen atoms in total. The third-order valence-electron chi connectivity index (χ3n) is 3.05. The van der Waals surface area contributed by atoms with E-state index in [2.05, 4.69) is 39.4 Å². The summed E-state index contributed by atoms with van der Waals surface area (Å²) in [6, 6.07) is 0. The van der Waals surface area contributed by atoms with Crippen molar-refractivity contribution in [2.75, 3.05) is 13.7 Å². The Balaban J connectivity index is 3.94. The van der Waals surface area contributed by atoms with Crippen molar-refractivity contribution in [1.82, 2.24) is 0 Å². The van der Waals surface area contributed by atoms with E-state index in [4.69, 9.17) is 4.43 Å². The molecule has 0 spiro atoms. The molecule has 0 aliphatic carbocycles. The molecule has 17 heavy (non-hydrogen) atoms. The van der Waals surface area contributed by atoms with Gasteiger partial charge in [0.2, 0.25) is 15.5 Å². The lowest BCUT2D eigenvalue weighted by molar-refractivity contribution is -0.151. The molecule has 0 N–H and O–H groups in total. The third kappa shape index (κ3) is 5.45. The van der Waals surface area contributed by atoms with E-state index in [9.17, 15) is 9.59 Å².